The highest BCUT2D eigenvalue weighted by Gasteiger charge is 2.27. The van der Waals surface area contributed by atoms with E-state index in [1.165, 1.54) is 5.57 Å². The lowest BCUT2D eigenvalue weighted by Crippen LogP contribution is -2.00. The number of hydrogen-bond acceptors (Lipinski definition) is 1. The first kappa shape index (κ1) is 8.51. The number of carbonyl (C=O) groups excluding carboxylic acids is 1. The summed E-state index contributed by atoms with van der Waals surface area (Å²) < 4.78 is 0. The number of Topliss-reactive ketones (excluding diaryl/α,β-unsaturated/α-hetero) is 1. The number of rotatable bonds is 1. The van der Waals surface area contributed by atoms with Gasteiger partial charge in [-0.2, -0.15) is 0 Å². The first-order chi connectivity index (χ1) is 5.04. The van der Waals surface area contributed by atoms with E-state index in [1.807, 2.05) is 6.92 Å². The topological polar surface area (TPSA) is 17.1 Å². The van der Waals surface area contributed by atoms with E-state index in [9.17, 15) is 4.79 Å². The Labute approximate surface area is 68.5 Å². The Kier molecular flexibility index (Phi) is 2.17. The number of allylic oxidation sites excluding steroid dienone is 2. The van der Waals surface area contributed by atoms with E-state index in [0.717, 1.165) is 12.0 Å². The lowest BCUT2D eigenvalue weighted by Gasteiger charge is -2.12. The average molecular weight is 152 g/mol. The van der Waals surface area contributed by atoms with Crippen molar-refractivity contribution in [2.45, 2.75) is 34.1 Å². The van der Waals surface area contributed by atoms with Gasteiger partial charge >= 0.3 is 0 Å². The zero-order valence-corrected chi connectivity index (χ0v) is 7.77. The van der Waals surface area contributed by atoms with E-state index in [2.05, 4.69) is 20.8 Å². The molecule has 1 atom stereocenters. The third-order valence-corrected chi connectivity index (χ3v) is 2.50. The Hall–Kier alpha value is -0.590. The van der Waals surface area contributed by atoms with Gasteiger partial charge in [0, 0.05) is 6.42 Å². The van der Waals surface area contributed by atoms with E-state index in [-0.39, 0.29) is 0 Å². The maximum atomic E-state index is 11.2. The first-order valence-electron chi connectivity index (χ1n) is 4.28. The van der Waals surface area contributed by atoms with Gasteiger partial charge in [0.05, 0.1) is 0 Å². The molecule has 0 aromatic heterocycles. The Bertz CT molecular complexity index is 211. The molecule has 1 aliphatic rings. The summed E-state index contributed by atoms with van der Waals surface area (Å²) in [5, 5.41) is 0. The van der Waals surface area contributed by atoms with Crippen LogP contribution < -0.4 is 0 Å². The van der Waals surface area contributed by atoms with Crippen LogP contribution >= 0.6 is 0 Å². The second-order valence-electron chi connectivity index (χ2n) is 3.76. The summed E-state index contributed by atoms with van der Waals surface area (Å²) in [7, 11) is 0. The first-order valence-corrected chi connectivity index (χ1v) is 4.28. The minimum atomic E-state index is 0.348. The van der Waals surface area contributed by atoms with Crippen molar-refractivity contribution in [2.75, 3.05) is 0 Å². The van der Waals surface area contributed by atoms with Crippen molar-refractivity contribution in [1.82, 2.24) is 0 Å². The Morgan fingerprint density at radius 3 is 2.18 bits per heavy atom. The summed E-state index contributed by atoms with van der Waals surface area (Å²) in [5.74, 6) is 1.38. The zero-order chi connectivity index (χ0) is 8.59. The van der Waals surface area contributed by atoms with Crippen LogP contribution in [-0.2, 0) is 4.79 Å². The Morgan fingerprint density at radius 2 is 2.00 bits per heavy atom. The number of carbonyl (C=O) groups is 1. The van der Waals surface area contributed by atoms with E-state index >= 15 is 0 Å². The molecule has 0 saturated carbocycles. The van der Waals surface area contributed by atoms with Crippen LogP contribution in [0.15, 0.2) is 11.1 Å². The molecular weight excluding hydrogens is 136 g/mol. The van der Waals surface area contributed by atoms with Crippen LogP contribution in [0.3, 0.4) is 0 Å². The minimum Gasteiger partial charge on any atom is -0.295 e. The van der Waals surface area contributed by atoms with Crippen LogP contribution in [0, 0.1) is 11.8 Å². The highest BCUT2D eigenvalue weighted by molar-refractivity contribution is 5.98. The minimum absolute atomic E-state index is 0.348. The van der Waals surface area contributed by atoms with Crippen molar-refractivity contribution in [1.29, 1.82) is 0 Å². The quantitative estimate of drug-likeness (QED) is 0.564. The molecular formula is C10H16O. The Balaban J connectivity index is 2.97. The summed E-state index contributed by atoms with van der Waals surface area (Å²) in [5.41, 5.74) is 2.39. The highest BCUT2D eigenvalue weighted by Crippen LogP contribution is 2.33. The van der Waals surface area contributed by atoms with Crippen LogP contribution in [0.5, 0.6) is 0 Å². The second kappa shape index (κ2) is 2.80. The molecule has 0 saturated heterocycles. The average Bonchev–Trinajstić information content (AvgIpc) is 2.07. The van der Waals surface area contributed by atoms with Crippen molar-refractivity contribution < 1.29 is 4.79 Å². The summed E-state index contributed by atoms with van der Waals surface area (Å²) >= 11 is 0. The predicted octanol–water partition coefficient (Wildman–Crippen LogP) is 2.57. The van der Waals surface area contributed by atoms with Crippen molar-refractivity contribution in [3.05, 3.63) is 11.1 Å². The van der Waals surface area contributed by atoms with Gasteiger partial charge < -0.3 is 0 Å². The third-order valence-electron chi connectivity index (χ3n) is 2.50. The van der Waals surface area contributed by atoms with E-state index < -0.39 is 0 Å². The standard InChI is InChI=1S/C10H16O/c1-6(2)10-7(3)5-9(11)8(10)4/h6-7H,5H2,1-4H3/t7-/m1/s1. The van der Waals surface area contributed by atoms with Gasteiger partial charge in [-0.05, 0) is 24.3 Å². The van der Waals surface area contributed by atoms with Gasteiger partial charge in [-0.25, -0.2) is 0 Å². The molecule has 1 rings (SSSR count). The summed E-state index contributed by atoms with van der Waals surface area (Å²) in [4.78, 5) is 11.2. The van der Waals surface area contributed by atoms with Crippen LogP contribution in [-0.4, -0.2) is 5.78 Å². The highest BCUT2D eigenvalue weighted by atomic mass is 16.1. The van der Waals surface area contributed by atoms with Gasteiger partial charge in [-0.3, -0.25) is 4.79 Å². The molecule has 0 radical (unpaired) electrons. The maximum absolute atomic E-state index is 11.2. The molecule has 62 valence electrons. The number of hydrogen-bond donors (Lipinski definition) is 0. The summed E-state index contributed by atoms with van der Waals surface area (Å²) in [6, 6.07) is 0. The van der Waals surface area contributed by atoms with Gasteiger partial charge in [0.1, 0.15) is 0 Å². The molecule has 0 amide bonds. The monoisotopic (exact) mass is 152 g/mol. The lowest BCUT2D eigenvalue weighted by molar-refractivity contribution is -0.115. The Morgan fingerprint density at radius 1 is 1.45 bits per heavy atom. The van der Waals surface area contributed by atoms with Gasteiger partial charge in [0.15, 0.2) is 5.78 Å². The SMILES string of the molecule is CC1=C(C(C)C)[C@H](C)CC1=O. The summed E-state index contributed by atoms with van der Waals surface area (Å²) in [6.07, 6.45) is 0.735. The van der Waals surface area contributed by atoms with E-state index in [4.69, 9.17) is 0 Å². The van der Waals surface area contributed by atoms with Gasteiger partial charge in [0.2, 0.25) is 0 Å². The summed E-state index contributed by atoms with van der Waals surface area (Å²) in [6.45, 7) is 8.42. The molecule has 11 heavy (non-hydrogen) atoms. The van der Waals surface area contributed by atoms with Crippen molar-refractivity contribution >= 4 is 5.78 Å². The van der Waals surface area contributed by atoms with Crippen molar-refractivity contribution in [2.24, 2.45) is 11.8 Å². The molecule has 0 fully saturated rings. The van der Waals surface area contributed by atoms with Gasteiger partial charge in [-0.15, -0.1) is 0 Å². The molecule has 0 N–H and O–H groups in total. The third kappa shape index (κ3) is 1.37. The fourth-order valence-electron chi connectivity index (χ4n) is 2.07. The van der Waals surface area contributed by atoms with E-state index in [1.54, 1.807) is 0 Å². The fraction of sp³-hybridized carbons (Fsp3) is 0.700. The van der Waals surface area contributed by atoms with Crippen LogP contribution in [0.4, 0.5) is 0 Å². The molecule has 0 spiro atoms. The fourth-order valence-corrected chi connectivity index (χ4v) is 2.07. The van der Waals surface area contributed by atoms with Crippen LogP contribution in [0.1, 0.15) is 34.1 Å². The second-order valence-corrected chi connectivity index (χ2v) is 3.76. The molecule has 1 heteroatoms. The van der Waals surface area contributed by atoms with E-state index in [0.29, 0.717) is 17.6 Å². The molecule has 0 aromatic rings. The predicted molar refractivity (Wildman–Crippen MR) is 46.3 cm³/mol. The van der Waals surface area contributed by atoms with Crippen molar-refractivity contribution in [3.63, 3.8) is 0 Å². The molecule has 0 aliphatic heterocycles. The molecule has 1 nitrogen and oxygen atoms in total. The van der Waals surface area contributed by atoms with Crippen molar-refractivity contribution in [3.8, 4) is 0 Å². The molecule has 1 aliphatic carbocycles. The zero-order valence-electron chi connectivity index (χ0n) is 7.77. The van der Waals surface area contributed by atoms with Crippen LogP contribution in [0.2, 0.25) is 0 Å². The molecule has 0 heterocycles. The van der Waals surface area contributed by atoms with Gasteiger partial charge in [0.25, 0.3) is 0 Å². The number of ketones is 1. The molecule has 0 aromatic carbocycles. The maximum Gasteiger partial charge on any atom is 0.159 e. The smallest absolute Gasteiger partial charge is 0.159 e. The van der Waals surface area contributed by atoms with Gasteiger partial charge in [-0.1, -0.05) is 26.3 Å². The molecule has 0 unspecified atom stereocenters. The largest absolute Gasteiger partial charge is 0.295 e. The lowest BCUT2D eigenvalue weighted by atomic mass is 9.93. The normalized spacial score (nSPS) is 25.5. The van der Waals surface area contributed by atoms with Crippen LogP contribution in [0.25, 0.3) is 0 Å². The molecule has 0 bridgehead atoms.